The fourth-order valence-electron chi connectivity index (χ4n) is 2.04. The molecule has 1 aliphatic rings. The molecule has 0 aliphatic carbocycles. The van der Waals surface area contributed by atoms with E-state index in [4.69, 9.17) is 9.90 Å². The largest absolute Gasteiger partial charge is 0.490 e. The van der Waals surface area contributed by atoms with E-state index >= 15 is 0 Å². The van der Waals surface area contributed by atoms with Gasteiger partial charge in [-0.25, -0.2) is 9.18 Å². The summed E-state index contributed by atoms with van der Waals surface area (Å²) < 4.78 is 44.8. The maximum atomic E-state index is 13.1. The van der Waals surface area contributed by atoms with E-state index in [0.717, 1.165) is 25.9 Å². The van der Waals surface area contributed by atoms with E-state index in [1.54, 1.807) is 19.1 Å². The van der Waals surface area contributed by atoms with E-state index < -0.39 is 12.1 Å². The molecule has 1 aromatic rings. The van der Waals surface area contributed by atoms with E-state index in [0.29, 0.717) is 11.3 Å². The Balaban J connectivity index is 0.000000351. The van der Waals surface area contributed by atoms with Crippen LogP contribution in [0.15, 0.2) is 18.2 Å². The Hall–Kier alpha value is -2.16. The molecule has 1 fully saturated rings. The van der Waals surface area contributed by atoms with Gasteiger partial charge in [0.05, 0.1) is 5.92 Å². The smallest absolute Gasteiger partial charge is 0.475 e. The Morgan fingerprint density at radius 2 is 1.96 bits per heavy atom. The van der Waals surface area contributed by atoms with Crippen LogP contribution in [0.3, 0.4) is 0 Å². The number of hydrogen-bond donors (Lipinski definition) is 3. The Bertz CT molecular complexity index is 585. The number of anilines is 1. The van der Waals surface area contributed by atoms with Gasteiger partial charge in [0.15, 0.2) is 0 Å². The van der Waals surface area contributed by atoms with Crippen LogP contribution in [0.4, 0.5) is 23.2 Å². The number of nitrogens with one attached hydrogen (secondary N) is 2. The lowest BCUT2D eigenvalue weighted by Gasteiger charge is -2.21. The van der Waals surface area contributed by atoms with Crippen LogP contribution < -0.4 is 10.6 Å². The molecule has 1 aliphatic heterocycles. The Labute approximate surface area is 136 Å². The predicted molar refractivity (Wildman–Crippen MR) is 79.1 cm³/mol. The zero-order valence-electron chi connectivity index (χ0n) is 12.9. The molecule has 0 bridgehead atoms. The molecule has 24 heavy (non-hydrogen) atoms. The highest BCUT2D eigenvalue weighted by molar-refractivity contribution is 5.92. The van der Waals surface area contributed by atoms with E-state index in [1.807, 2.05) is 0 Å². The second-order valence-electron chi connectivity index (χ2n) is 5.30. The molecule has 134 valence electrons. The summed E-state index contributed by atoms with van der Waals surface area (Å²) in [6.45, 7) is 3.40. The molecule has 1 heterocycles. The first-order valence-corrected chi connectivity index (χ1v) is 7.19. The number of benzene rings is 1. The van der Waals surface area contributed by atoms with Crippen molar-refractivity contribution in [2.45, 2.75) is 25.9 Å². The number of carboxylic acid groups (broad SMARTS) is 1. The molecule has 1 atom stereocenters. The van der Waals surface area contributed by atoms with Crippen LogP contribution in [-0.2, 0) is 9.59 Å². The van der Waals surface area contributed by atoms with Gasteiger partial charge < -0.3 is 15.7 Å². The van der Waals surface area contributed by atoms with Crippen LogP contribution in [-0.4, -0.2) is 36.2 Å². The van der Waals surface area contributed by atoms with Gasteiger partial charge in [0.2, 0.25) is 5.91 Å². The number of carbonyl (C=O) groups is 2. The van der Waals surface area contributed by atoms with Crippen LogP contribution in [0.1, 0.15) is 18.4 Å². The summed E-state index contributed by atoms with van der Waals surface area (Å²) >= 11 is 0. The summed E-state index contributed by atoms with van der Waals surface area (Å²) in [5.74, 6) is -2.97. The lowest BCUT2D eigenvalue weighted by Crippen LogP contribution is -2.37. The molecule has 1 unspecified atom stereocenters. The number of carbonyl (C=O) groups excluding carboxylic acids is 1. The lowest BCUT2D eigenvalue weighted by atomic mass is 9.99. The highest BCUT2D eigenvalue weighted by Gasteiger charge is 2.38. The number of alkyl halides is 3. The quantitative estimate of drug-likeness (QED) is 0.717. The summed E-state index contributed by atoms with van der Waals surface area (Å²) in [5, 5.41) is 13.2. The first-order valence-electron chi connectivity index (χ1n) is 7.19. The number of halogens is 4. The monoisotopic (exact) mass is 350 g/mol. The molecule has 0 saturated carbocycles. The van der Waals surface area contributed by atoms with Crippen molar-refractivity contribution in [2.75, 3.05) is 18.4 Å². The van der Waals surface area contributed by atoms with Crippen molar-refractivity contribution in [3.63, 3.8) is 0 Å². The lowest BCUT2D eigenvalue weighted by molar-refractivity contribution is -0.192. The first-order chi connectivity index (χ1) is 11.1. The molecule has 0 aromatic heterocycles. The van der Waals surface area contributed by atoms with Crippen LogP contribution in [0.5, 0.6) is 0 Å². The SMILES string of the molecule is Cc1cc(NC(=O)C2CCCNC2)ccc1F.O=C(O)C(F)(F)F. The molecule has 1 amide bonds. The molecule has 2 rings (SSSR count). The fourth-order valence-corrected chi connectivity index (χ4v) is 2.04. The minimum atomic E-state index is -5.08. The summed E-state index contributed by atoms with van der Waals surface area (Å²) in [6, 6.07) is 4.63. The first kappa shape index (κ1) is 19.9. The number of aryl methyl sites for hydroxylation is 1. The second-order valence-corrected chi connectivity index (χ2v) is 5.30. The summed E-state index contributed by atoms with van der Waals surface area (Å²) in [5.41, 5.74) is 1.21. The molecule has 0 radical (unpaired) electrons. The standard InChI is InChI=1S/C13H17FN2O.C2HF3O2/c1-9-7-11(4-5-12(9)14)16-13(17)10-3-2-6-15-8-10;3-2(4,5)1(6)7/h4-5,7,10,15H,2-3,6,8H2,1H3,(H,16,17);(H,6,7). The van der Waals surface area contributed by atoms with Crippen molar-refractivity contribution in [3.05, 3.63) is 29.6 Å². The molecule has 3 N–H and O–H groups in total. The molecule has 9 heteroatoms. The third-order valence-electron chi connectivity index (χ3n) is 3.34. The summed E-state index contributed by atoms with van der Waals surface area (Å²) in [4.78, 5) is 20.8. The molecule has 1 saturated heterocycles. The Kier molecular flexibility index (Phi) is 7.15. The van der Waals surface area contributed by atoms with Gasteiger partial charge in [0.25, 0.3) is 0 Å². The van der Waals surface area contributed by atoms with Gasteiger partial charge in [-0.1, -0.05) is 0 Å². The van der Waals surface area contributed by atoms with E-state index in [-0.39, 0.29) is 17.6 Å². The zero-order chi connectivity index (χ0) is 18.3. The third-order valence-corrected chi connectivity index (χ3v) is 3.34. The van der Waals surface area contributed by atoms with Crippen molar-refractivity contribution in [2.24, 2.45) is 5.92 Å². The highest BCUT2D eigenvalue weighted by Crippen LogP contribution is 2.17. The number of piperidine rings is 1. The molecule has 0 spiro atoms. The number of aliphatic carboxylic acids is 1. The van der Waals surface area contributed by atoms with Crippen molar-refractivity contribution in [1.29, 1.82) is 0 Å². The molecular formula is C15H18F4N2O3. The van der Waals surface area contributed by atoms with Crippen molar-refractivity contribution in [3.8, 4) is 0 Å². The second kappa shape index (κ2) is 8.62. The zero-order valence-corrected chi connectivity index (χ0v) is 12.9. The minimum absolute atomic E-state index is 0.0169. The maximum absolute atomic E-state index is 13.1. The van der Waals surface area contributed by atoms with Crippen molar-refractivity contribution in [1.82, 2.24) is 5.32 Å². The van der Waals surface area contributed by atoms with Crippen LogP contribution in [0, 0.1) is 18.7 Å². The number of rotatable bonds is 2. The number of carboxylic acids is 1. The van der Waals surface area contributed by atoms with Gasteiger partial charge in [-0.3, -0.25) is 4.79 Å². The van der Waals surface area contributed by atoms with Crippen molar-refractivity contribution < 1.29 is 32.3 Å². The third kappa shape index (κ3) is 6.53. The van der Waals surface area contributed by atoms with Gasteiger partial charge in [0.1, 0.15) is 5.82 Å². The van der Waals surface area contributed by atoms with Gasteiger partial charge in [-0.2, -0.15) is 13.2 Å². The van der Waals surface area contributed by atoms with Gasteiger partial charge in [0, 0.05) is 12.2 Å². The molecule has 5 nitrogen and oxygen atoms in total. The van der Waals surface area contributed by atoms with E-state index in [2.05, 4.69) is 10.6 Å². The topological polar surface area (TPSA) is 78.4 Å². The van der Waals surface area contributed by atoms with Crippen LogP contribution in [0.25, 0.3) is 0 Å². The summed E-state index contributed by atoms with van der Waals surface area (Å²) in [6.07, 6.45) is -3.14. The summed E-state index contributed by atoms with van der Waals surface area (Å²) in [7, 11) is 0. The average molecular weight is 350 g/mol. The Morgan fingerprint density at radius 3 is 2.42 bits per heavy atom. The molecule has 1 aromatic carbocycles. The van der Waals surface area contributed by atoms with E-state index in [1.165, 1.54) is 6.07 Å². The number of hydrogen-bond acceptors (Lipinski definition) is 3. The Morgan fingerprint density at radius 1 is 1.33 bits per heavy atom. The van der Waals surface area contributed by atoms with Gasteiger partial charge >= 0.3 is 12.1 Å². The average Bonchev–Trinajstić information content (AvgIpc) is 2.51. The van der Waals surface area contributed by atoms with Crippen LogP contribution >= 0.6 is 0 Å². The minimum Gasteiger partial charge on any atom is -0.475 e. The normalized spacial score (nSPS) is 17.5. The van der Waals surface area contributed by atoms with Crippen molar-refractivity contribution >= 4 is 17.6 Å². The maximum Gasteiger partial charge on any atom is 0.490 e. The van der Waals surface area contributed by atoms with E-state index in [9.17, 15) is 22.4 Å². The fraction of sp³-hybridized carbons (Fsp3) is 0.467. The number of amides is 1. The molecular weight excluding hydrogens is 332 g/mol. The van der Waals surface area contributed by atoms with Gasteiger partial charge in [-0.15, -0.1) is 0 Å². The van der Waals surface area contributed by atoms with Gasteiger partial charge in [-0.05, 0) is 50.1 Å². The highest BCUT2D eigenvalue weighted by atomic mass is 19.4. The predicted octanol–water partition coefficient (Wildman–Crippen LogP) is 2.71. The van der Waals surface area contributed by atoms with Crippen LogP contribution in [0.2, 0.25) is 0 Å².